The van der Waals surface area contributed by atoms with Gasteiger partial charge in [0.05, 0.1) is 5.75 Å². The van der Waals surface area contributed by atoms with Crippen LogP contribution in [0.2, 0.25) is 10.0 Å². The molecule has 0 saturated carbocycles. The van der Waals surface area contributed by atoms with Crippen LogP contribution in [0.3, 0.4) is 0 Å². The summed E-state index contributed by atoms with van der Waals surface area (Å²) in [6.45, 7) is 2.62. The average Bonchev–Trinajstić information content (AvgIpc) is 2.83. The zero-order valence-electron chi connectivity index (χ0n) is 19.0. The lowest BCUT2D eigenvalue weighted by Crippen LogP contribution is -2.51. The number of hydrogen-bond donors (Lipinski definition) is 1. The molecule has 3 rings (SSSR count). The van der Waals surface area contributed by atoms with Crippen molar-refractivity contribution >= 4 is 46.8 Å². The summed E-state index contributed by atoms with van der Waals surface area (Å²) in [5.74, 6) is 0.601. The van der Waals surface area contributed by atoms with Gasteiger partial charge in [0.15, 0.2) is 0 Å². The Kier molecular flexibility index (Phi) is 10.3. The van der Waals surface area contributed by atoms with Crippen molar-refractivity contribution < 1.29 is 9.59 Å². The molecule has 0 aliphatic heterocycles. The highest BCUT2D eigenvalue weighted by Crippen LogP contribution is 2.22. The fraction of sp³-hybridized carbons (Fsp3) is 0.259. The summed E-state index contributed by atoms with van der Waals surface area (Å²) in [5.41, 5.74) is 2.84. The van der Waals surface area contributed by atoms with Crippen molar-refractivity contribution in [3.05, 3.63) is 106 Å². The number of carbonyl (C=O) groups is 2. The summed E-state index contributed by atoms with van der Waals surface area (Å²) in [5, 5.41) is 4.14. The summed E-state index contributed by atoms with van der Waals surface area (Å²) in [6.07, 6.45) is 0.418. The number of nitrogens with one attached hydrogen (secondary N) is 1. The molecule has 3 aromatic rings. The predicted molar refractivity (Wildman–Crippen MR) is 142 cm³/mol. The molecule has 4 nitrogen and oxygen atoms in total. The minimum Gasteiger partial charge on any atom is -0.355 e. The van der Waals surface area contributed by atoms with Crippen LogP contribution >= 0.6 is 35.0 Å². The van der Waals surface area contributed by atoms with E-state index in [-0.39, 0.29) is 24.1 Å². The third-order valence-corrected chi connectivity index (χ3v) is 6.90. The monoisotopic (exact) mass is 514 g/mol. The summed E-state index contributed by atoms with van der Waals surface area (Å²) in [4.78, 5) is 28.3. The first kappa shape index (κ1) is 26.1. The molecule has 0 saturated heterocycles. The molecule has 0 radical (unpaired) electrons. The van der Waals surface area contributed by atoms with Gasteiger partial charge in [-0.15, -0.1) is 11.8 Å². The molecule has 0 bridgehead atoms. The van der Waals surface area contributed by atoms with Gasteiger partial charge in [0, 0.05) is 35.3 Å². The van der Waals surface area contributed by atoms with E-state index in [0.29, 0.717) is 28.8 Å². The van der Waals surface area contributed by atoms with E-state index < -0.39 is 6.04 Å². The number of benzene rings is 3. The van der Waals surface area contributed by atoms with E-state index in [1.165, 1.54) is 11.8 Å². The summed E-state index contributed by atoms with van der Waals surface area (Å²) >= 11 is 14.0. The fourth-order valence-corrected chi connectivity index (χ4v) is 4.89. The molecule has 0 aromatic heterocycles. The second kappa shape index (κ2) is 13.4. The van der Waals surface area contributed by atoms with Crippen LogP contribution in [-0.4, -0.2) is 35.1 Å². The van der Waals surface area contributed by atoms with Crippen molar-refractivity contribution in [2.45, 2.75) is 31.7 Å². The van der Waals surface area contributed by atoms with Crippen molar-refractivity contribution in [2.24, 2.45) is 0 Å². The Labute approximate surface area is 215 Å². The predicted octanol–water partition coefficient (Wildman–Crippen LogP) is 6.00. The molecule has 1 N–H and O–H groups in total. The fourth-order valence-electron chi connectivity index (χ4n) is 3.62. The first-order chi connectivity index (χ1) is 16.5. The Morgan fingerprint density at radius 2 is 1.65 bits per heavy atom. The highest BCUT2D eigenvalue weighted by atomic mass is 35.5. The van der Waals surface area contributed by atoms with E-state index in [9.17, 15) is 9.59 Å². The second-order valence-electron chi connectivity index (χ2n) is 7.84. The third-order valence-electron chi connectivity index (χ3n) is 5.30. The highest BCUT2D eigenvalue weighted by molar-refractivity contribution is 7.99. The maximum absolute atomic E-state index is 13.5. The molecule has 34 heavy (non-hydrogen) atoms. The summed E-state index contributed by atoms with van der Waals surface area (Å²) in [6, 6.07) is 24.1. The molecule has 7 heteroatoms. The molecule has 3 aromatic carbocycles. The number of hydrogen-bond acceptors (Lipinski definition) is 3. The minimum atomic E-state index is -0.655. The van der Waals surface area contributed by atoms with Gasteiger partial charge in [-0.3, -0.25) is 9.59 Å². The average molecular weight is 516 g/mol. The van der Waals surface area contributed by atoms with Crippen LogP contribution < -0.4 is 5.32 Å². The van der Waals surface area contributed by atoms with Crippen molar-refractivity contribution in [2.75, 3.05) is 12.3 Å². The van der Waals surface area contributed by atoms with Gasteiger partial charge >= 0.3 is 0 Å². The van der Waals surface area contributed by atoms with Gasteiger partial charge in [-0.25, -0.2) is 0 Å². The van der Waals surface area contributed by atoms with E-state index in [2.05, 4.69) is 5.32 Å². The maximum atomic E-state index is 13.5. The van der Waals surface area contributed by atoms with Crippen LogP contribution in [0.25, 0.3) is 0 Å². The molecule has 1 unspecified atom stereocenters. The molecule has 0 aliphatic carbocycles. The first-order valence-corrected chi connectivity index (χ1v) is 13.1. The Hall–Kier alpha value is -2.47. The topological polar surface area (TPSA) is 49.4 Å². The van der Waals surface area contributed by atoms with Crippen LogP contribution in [0.5, 0.6) is 0 Å². The molecule has 0 fully saturated rings. The summed E-state index contributed by atoms with van der Waals surface area (Å²) < 4.78 is 0. The van der Waals surface area contributed by atoms with Crippen molar-refractivity contribution in [3.63, 3.8) is 0 Å². The van der Waals surface area contributed by atoms with Gasteiger partial charge in [-0.05, 0) is 41.8 Å². The van der Waals surface area contributed by atoms with Gasteiger partial charge in [0.25, 0.3) is 0 Å². The van der Waals surface area contributed by atoms with Gasteiger partial charge in [0.2, 0.25) is 11.8 Å². The number of carbonyl (C=O) groups excluding carboxylic acids is 2. The van der Waals surface area contributed by atoms with Crippen molar-refractivity contribution in [3.8, 4) is 0 Å². The molecule has 2 amide bonds. The minimum absolute atomic E-state index is 0.112. The number of amides is 2. The number of rotatable bonds is 11. The Bertz CT molecular complexity index is 1090. The smallest absolute Gasteiger partial charge is 0.243 e. The second-order valence-corrected chi connectivity index (χ2v) is 9.67. The molecule has 0 spiro atoms. The largest absolute Gasteiger partial charge is 0.355 e. The molecular weight excluding hydrogens is 487 g/mol. The summed E-state index contributed by atoms with van der Waals surface area (Å²) in [7, 11) is 0. The lowest BCUT2D eigenvalue weighted by molar-refractivity contribution is -0.139. The van der Waals surface area contributed by atoms with E-state index in [4.69, 9.17) is 23.2 Å². The van der Waals surface area contributed by atoms with E-state index in [1.54, 1.807) is 11.0 Å². The maximum Gasteiger partial charge on any atom is 0.243 e. The number of likely N-dealkylation sites (N-methyl/N-ethyl adjacent to an activating group) is 1. The Balaban J connectivity index is 1.83. The standard InChI is InChI=1S/C27H28Cl2N2O2S/c1-2-30-27(33)25(16-20-9-4-3-5-10-20)31(17-22-12-6-7-14-24(22)29)26(32)19-34-18-21-11-8-13-23(28)15-21/h3-15,25H,2,16-19H2,1H3,(H,30,33). The van der Waals surface area contributed by atoms with Crippen molar-refractivity contribution in [1.29, 1.82) is 0 Å². The van der Waals surface area contributed by atoms with Gasteiger partial charge in [-0.1, -0.05) is 83.9 Å². The van der Waals surface area contributed by atoms with Crippen LogP contribution in [0.15, 0.2) is 78.9 Å². The van der Waals surface area contributed by atoms with Gasteiger partial charge in [0.1, 0.15) is 6.04 Å². The number of halogens is 2. The van der Waals surface area contributed by atoms with Crippen LogP contribution in [0, 0.1) is 0 Å². The Morgan fingerprint density at radius 3 is 2.35 bits per heavy atom. The number of nitrogens with zero attached hydrogens (tertiary/aromatic N) is 1. The molecular formula is C27H28Cl2N2O2S. The molecule has 0 heterocycles. The zero-order chi connectivity index (χ0) is 24.3. The van der Waals surface area contributed by atoms with Gasteiger partial charge < -0.3 is 10.2 Å². The molecule has 178 valence electrons. The first-order valence-electron chi connectivity index (χ1n) is 11.1. The van der Waals surface area contributed by atoms with Crippen molar-refractivity contribution in [1.82, 2.24) is 10.2 Å². The van der Waals surface area contributed by atoms with Crippen LogP contribution in [0.1, 0.15) is 23.6 Å². The molecule has 0 aliphatic rings. The number of thioether (sulfide) groups is 1. The normalized spacial score (nSPS) is 11.6. The van der Waals surface area contributed by atoms with E-state index in [0.717, 1.165) is 16.7 Å². The van der Waals surface area contributed by atoms with E-state index in [1.807, 2.05) is 79.7 Å². The quantitative estimate of drug-likeness (QED) is 0.341. The van der Waals surface area contributed by atoms with Gasteiger partial charge in [-0.2, -0.15) is 0 Å². The SMILES string of the molecule is CCNC(=O)C(Cc1ccccc1)N(Cc1ccccc1Cl)C(=O)CSCc1cccc(Cl)c1. The zero-order valence-corrected chi connectivity index (χ0v) is 21.4. The van der Waals surface area contributed by atoms with E-state index >= 15 is 0 Å². The van der Waals surface area contributed by atoms with Crippen LogP contribution in [0.4, 0.5) is 0 Å². The Morgan fingerprint density at radius 1 is 0.941 bits per heavy atom. The third kappa shape index (κ3) is 7.79. The van der Waals surface area contributed by atoms with Crippen LogP contribution in [-0.2, 0) is 28.3 Å². The molecule has 1 atom stereocenters. The lowest BCUT2D eigenvalue weighted by Gasteiger charge is -2.31. The lowest BCUT2D eigenvalue weighted by atomic mass is 10.0. The highest BCUT2D eigenvalue weighted by Gasteiger charge is 2.30.